The highest BCUT2D eigenvalue weighted by Gasteiger charge is 2.68. The summed E-state index contributed by atoms with van der Waals surface area (Å²) in [5, 5.41) is 24.7. The van der Waals surface area contributed by atoms with Gasteiger partial charge in [0, 0.05) is 41.4 Å². The third kappa shape index (κ3) is 6.60. The number of nitrogens with zero attached hydrogens (tertiary/aromatic N) is 3. The molecule has 2 unspecified atom stereocenters. The molecule has 8 atom stereocenters. The van der Waals surface area contributed by atoms with Gasteiger partial charge < -0.3 is 26.6 Å². The number of amides is 6. The summed E-state index contributed by atoms with van der Waals surface area (Å²) in [4.78, 5) is 88.7. The maximum atomic E-state index is 15.3. The van der Waals surface area contributed by atoms with Crippen molar-refractivity contribution in [1.82, 2.24) is 20.4 Å². The molecule has 0 spiro atoms. The van der Waals surface area contributed by atoms with E-state index in [-0.39, 0.29) is 37.8 Å². The highest BCUT2D eigenvalue weighted by molar-refractivity contribution is 6.00. The molecule has 9 rings (SSSR count). The molecule has 2 fully saturated rings. The topological polar surface area (TPSA) is 229 Å². The number of carbonyl (C=O) groups is 6. The molecule has 3 aromatic rings. The van der Waals surface area contributed by atoms with Gasteiger partial charge in [0.05, 0.1) is 12.3 Å². The van der Waals surface area contributed by atoms with E-state index in [1.165, 1.54) is 12.1 Å². The summed E-state index contributed by atoms with van der Waals surface area (Å²) in [6.07, 6.45) is -3.58. The molecule has 3 aromatic carbocycles. The Labute approximate surface area is 360 Å². The maximum absolute atomic E-state index is 15.3. The molecule has 0 radical (unpaired) electrons. The van der Waals surface area contributed by atoms with Crippen LogP contribution in [0.5, 0.6) is 0 Å². The zero-order chi connectivity index (χ0) is 45.3. The standard InChI is InChI=1S/C46H56FN7O8/c1-25-19-21-52(45(39(57)50-41(59)60)29-11-7-27(8-12-29)23-33(35(48)55)43(45,3)4)37(25)54(32-17-15-31(47)16-18-32)38-26(2)20-22-53(38)46(40(58)51-42(61)62)30-13-9-28(10-14-30)24-34(36(49)56)44(46,5)6/h7-18,25-26,33-34,37-38H,19-24H2,1-6H3,(H2,48,55)(H2,49,56)(H,50,57)(H,51,58)(H,59,60)(H,61,62)/t25-,26-,33?,34?,37-,38-,45-,46-/m0/s1. The molecule has 2 saturated heterocycles. The van der Waals surface area contributed by atoms with Crippen molar-refractivity contribution in [2.24, 2.45) is 46.0 Å². The molecular weight excluding hydrogens is 798 g/mol. The number of benzene rings is 3. The molecule has 6 amide bonds. The normalized spacial score (nSPS) is 30.0. The van der Waals surface area contributed by atoms with E-state index in [4.69, 9.17) is 11.5 Å². The van der Waals surface area contributed by atoms with Crippen LogP contribution in [0.4, 0.5) is 19.7 Å². The summed E-state index contributed by atoms with van der Waals surface area (Å²) >= 11 is 0. The number of imide groups is 2. The van der Waals surface area contributed by atoms with Crippen LogP contribution in [-0.4, -0.2) is 81.2 Å². The summed E-state index contributed by atoms with van der Waals surface area (Å²) in [6.45, 7) is 11.4. The molecule has 2 aliphatic heterocycles. The van der Waals surface area contributed by atoms with Crippen molar-refractivity contribution in [3.8, 4) is 0 Å². The SMILES string of the molecule is C[C@H]1CCN([C@]2(C(=O)NC(=O)O)c3ccc(cc3)CC(C(N)=O)C2(C)C)[C@H]1N(c1ccc(F)cc1)[C@H]1[C@@H](C)CCN1[C@]1(C(=O)NC(=O)O)c2ccc(cc2)CC(C(N)=O)C1(C)C. The van der Waals surface area contributed by atoms with Gasteiger partial charge in [-0.2, -0.15) is 0 Å². The Kier molecular flexibility index (Phi) is 11.3. The molecular formula is C46H56FN7O8. The van der Waals surface area contributed by atoms with Gasteiger partial charge in [-0.25, -0.2) is 14.0 Å². The van der Waals surface area contributed by atoms with Crippen LogP contribution in [0.15, 0.2) is 72.8 Å². The lowest BCUT2D eigenvalue weighted by atomic mass is 9.57. The minimum atomic E-state index is -1.89. The maximum Gasteiger partial charge on any atom is 0.411 e. The minimum absolute atomic E-state index is 0.171. The van der Waals surface area contributed by atoms with Gasteiger partial charge >= 0.3 is 12.2 Å². The summed E-state index contributed by atoms with van der Waals surface area (Å²) in [5.41, 5.74) is 8.78. The molecule has 62 heavy (non-hydrogen) atoms. The second-order valence-corrected chi connectivity index (χ2v) is 18.7. The van der Waals surface area contributed by atoms with Crippen LogP contribution in [0.25, 0.3) is 0 Å². The third-order valence-corrected chi connectivity index (χ3v) is 14.9. The number of carboxylic acid groups (broad SMARTS) is 2. The van der Waals surface area contributed by atoms with Gasteiger partial charge in [0.1, 0.15) is 16.9 Å². The summed E-state index contributed by atoms with van der Waals surface area (Å²) < 4.78 is 15.0. The number of primary amides is 2. The zero-order valence-corrected chi connectivity index (χ0v) is 35.9. The first-order valence-electron chi connectivity index (χ1n) is 21.1. The fourth-order valence-corrected chi connectivity index (χ4v) is 12.0. The average molecular weight is 854 g/mol. The number of anilines is 1. The Hall–Kier alpha value is -5.87. The van der Waals surface area contributed by atoms with E-state index in [9.17, 15) is 33.8 Å². The monoisotopic (exact) mass is 853 g/mol. The number of likely N-dealkylation sites (tertiary alicyclic amines) is 2. The molecule has 4 aliphatic carbocycles. The third-order valence-electron chi connectivity index (χ3n) is 14.9. The first-order chi connectivity index (χ1) is 29.1. The molecule has 4 bridgehead atoms. The molecule has 2 heterocycles. The molecule has 0 saturated carbocycles. The Morgan fingerprint density at radius 3 is 1.31 bits per heavy atom. The van der Waals surface area contributed by atoms with Crippen molar-refractivity contribution in [1.29, 1.82) is 0 Å². The van der Waals surface area contributed by atoms with Gasteiger partial charge in [-0.1, -0.05) is 90.1 Å². The minimum Gasteiger partial charge on any atom is -0.465 e. The Morgan fingerprint density at radius 1 is 0.629 bits per heavy atom. The summed E-state index contributed by atoms with van der Waals surface area (Å²) in [5.74, 6) is -6.22. The van der Waals surface area contributed by atoms with Gasteiger partial charge in [0.2, 0.25) is 11.8 Å². The molecule has 0 aromatic heterocycles. The van der Waals surface area contributed by atoms with E-state index in [1.807, 2.05) is 28.5 Å². The first kappa shape index (κ1) is 44.2. The smallest absolute Gasteiger partial charge is 0.411 e. The van der Waals surface area contributed by atoms with Crippen LogP contribution in [0.1, 0.15) is 76.6 Å². The highest BCUT2D eigenvalue weighted by atomic mass is 19.1. The lowest BCUT2D eigenvalue weighted by Gasteiger charge is -2.60. The Morgan fingerprint density at radius 2 is 0.984 bits per heavy atom. The van der Waals surface area contributed by atoms with Crippen molar-refractivity contribution in [2.75, 3.05) is 18.0 Å². The van der Waals surface area contributed by atoms with Gasteiger partial charge in [0.15, 0.2) is 0 Å². The first-order valence-corrected chi connectivity index (χ1v) is 21.1. The molecule has 15 nitrogen and oxygen atoms in total. The average Bonchev–Trinajstić information content (AvgIpc) is 3.75. The fraction of sp³-hybridized carbons (Fsp3) is 0.478. The van der Waals surface area contributed by atoms with E-state index in [2.05, 4.69) is 10.6 Å². The van der Waals surface area contributed by atoms with E-state index < -0.39 is 87.7 Å². The molecule has 16 heteroatoms. The van der Waals surface area contributed by atoms with E-state index in [0.29, 0.717) is 29.7 Å². The van der Waals surface area contributed by atoms with Crippen molar-refractivity contribution >= 4 is 41.5 Å². The predicted molar refractivity (Wildman–Crippen MR) is 226 cm³/mol. The van der Waals surface area contributed by atoms with Crippen molar-refractivity contribution in [3.05, 3.63) is 101 Å². The fourth-order valence-electron chi connectivity index (χ4n) is 12.0. The van der Waals surface area contributed by atoms with E-state index >= 15 is 9.59 Å². The number of nitrogens with one attached hydrogen (secondary N) is 2. The summed E-state index contributed by atoms with van der Waals surface area (Å²) in [7, 11) is 0. The predicted octanol–water partition coefficient (Wildman–Crippen LogP) is 4.71. The van der Waals surface area contributed by atoms with Crippen molar-refractivity contribution < 1.29 is 43.4 Å². The number of rotatable bonds is 9. The van der Waals surface area contributed by atoms with Gasteiger partial charge in [-0.05, 0) is 84.0 Å². The van der Waals surface area contributed by atoms with Crippen LogP contribution >= 0.6 is 0 Å². The largest absolute Gasteiger partial charge is 0.465 e. The number of halogens is 1. The summed E-state index contributed by atoms with van der Waals surface area (Å²) in [6, 6.07) is 20.1. The van der Waals surface area contributed by atoms with E-state index in [0.717, 1.165) is 11.1 Å². The second-order valence-electron chi connectivity index (χ2n) is 18.7. The van der Waals surface area contributed by atoms with Gasteiger partial charge in [-0.3, -0.25) is 39.6 Å². The Balaban J connectivity index is 1.55. The zero-order valence-electron chi connectivity index (χ0n) is 35.9. The number of nitrogens with two attached hydrogens (primary N) is 2. The van der Waals surface area contributed by atoms with Crippen LogP contribution in [0.3, 0.4) is 0 Å². The number of hydrogen-bond acceptors (Lipinski definition) is 9. The lowest BCUT2D eigenvalue weighted by Crippen LogP contribution is -2.74. The van der Waals surface area contributed by atoms with Crippen LogP contribution in [0.2, 0.25) is 0 Å². The molecule has 330 valence electrons. The quantitative estimate of drug-likeness (QED) is 0.173. The van der Waals surface area contributed by atoms with Crippen molar-refractivity contribution in [3.63, 3.8) is 0 Å². The number of carbonyl (C=O) groups excluding carboxylic acids is 4. The van der Waals surface area contributed by atoms with E-state index in [1.54, 1.807) is 88.4 Å². The van der Waals surface area contributed by atoms with Crippen molar-refractivity contribution in [2.45, 2.75) is 90.6 Å². The Bertz CT molecular complexity index is 2150. The van der Waals surface area contributed by atoms with Crippen LogP contribution < -0.4 is 27.0 Å². The van der Waals surface area contributed by atoms with Crippen LogP contribution in [0, 0.1) is 40.3 Å². The number of fused-ring (bicyclic) bond motifs is 10. The lowest BCUT2D eigenvalue weighted by molar-refractivity contribution is -0.157. The number of hydrogen-bond donors (Lipinski definition) is 6. The van der Waals surface area contributed by atoms with Gasteiger partial charge in [0.25, 0.3) is 11.8 Å². The molecule has 6 aliphatic rings. The second kappa shape index (κ2) is 15.8. The van der Waals surface area contributed by atoms with Gasteiger partial charge in [-0.15, -0.1) is 0 Å². The highest BCUT2D eigenvalue weighted by Crippen LogP contribution is 2.58. The van der Waals surface area contributed by atoms with Crippen LogP contribution in [-0.2, 0) is 43.1 Å². The molecule has 8 N–H and O–H groups in total.